The molecule has 2 aromatic rings. The zero-order valence-corrected chi connectivity index (χ0v) is 11.6. The number of amides is 1. The standard InChI is InChI=1S/C16H18N2O2/c1-11-4-3-5-12(8-11)10-18-16(19)13-6-7-14(17)15(9-13)20-2/h3-9H,10,17H2,1-2H3,(H,18,19). The van der Waals surface area contributed by atoms with Gasteiger partial charge in [0.25, 0.3) is 5.91 Å². The van der Waals surface area contributed by atoms with Gasteiger partial charge in [-0.2, -0.15) is 0 Å². The molecule has 0 aliphatic carbocycles. The predicted molar refractivity (Wildman–Crippen MR) is 79.8 cm³/mol. The van der Waals surface area contributed by atoms with Crippen molar-refractivity contribution in [3.63, 3.8) is 0 Å². The number of anilines is 1. The summed E-state index contributed by atoms with van der Waals surface area (Å²) in [6, 6.07) is 13.0. The second kappa shape index (κ2) is 6.10. The SMILES string of the molecule is COc1cc(C(=O)NCc2cccc(C)c2)ccc1N. The Balaban J connectivity index is 2.05. The molecule has 0 spiro atoms. The fourth-order valence-electron chi connectivity index (χ4n) is 1.96. The molecular weight excluding hydrogens is 252 g/mol. The van der Waals surface area contributed by atoms with Crippen molar-refractivity contribution >= 4 is 11.6 Å². The van der Waals surface area contributed by atoms with E-state index in [-0.39, 0.29) is 5.91 Å². The maximum absolute atomic E-state index is 12.1. The molecule has 1 amide bonds. The lowest BCUT2D eigenvalue weighted by Crippen LogP contribution is -2.22. The predicted octanol–water partition coefficient (Wildman–Crippen LogP) is 2.52. The second-order valence-electron chi connectivity index (χ2n) is 4.63. The number of rotatable bonds is 4. The van der Waals surface area contributed by atoms with E-state index in [0.29, 0.717) is 23.5 Å². The first-order valence-electron chi connectivity index (χ1n) is 6.37. The van der Waals surface area contributed by atoms with Crippen LogP contribution in [0.15, 0.2) is 42.5 Å². The number of nitrogens with one attached hydrogen (secondary N) is 1. The molecule has 4 heteroatoms. The van der Waals surface area contributed by atoms with Gasteiger partial charge >= 0.3 is 0 Å². The Bertz CT molecular complexity index is 624. The minimum absolute atomic E-state index is 0.148. The minimum Gasteiger partial charge on any atom is -0.495 e. The molecule has 0 aliphatic rings. The fourth-order valence-corrected chi connectivity index (χ4v) is 1.96. The lowest BCUT2D eigenvalue weighted by atomic mass is 10.1. The number of aryl methyl sites for hydroxylation is 1. The molecule has 0 heterocycles. The first-order chi connectivity index (χ1) is 9.60. The summed E-state index contributed by atoms with van der Waals surface area (Å²) in [5, 5.41) is 2.88. The number of methoxy groups -OCH3 is 1. The van der Waals surface area contributed by atoms with Gasteiger partial charge in [0.2, 0.25) is 0 Å². The van der Waals surface area contributed by atoms with Crippen molar-refractivity contribution < 1.29 is 9.53 Å². The molecule has 0 aromatic heterocycles. The van der Waals surface area contributed by atoms with E-state index in [1.54, 1.807) is 18.2 Å². The van der Waals surface area contributed by atoms with Gasteiger partial charge in [-0.25, -0.2) is 0 Å². The van der Waals surface area contributed by atoms with Crippen LogP contribution in [-0.4, -0.2) is 13.0 Å². The average Bonchev–Trinajstić information content (AvgIpc) is 2.45. The first kappa shape index (κ1) is 13.9. The largest absolute Gasteiger partial charge is 0.495 e. The quantitative estimate of drug-likeness (QED) is 0.839. The van der Waals surface area contributed by atoms with E-state index in [1.165, 1.54) is 12.7 Å². The van der Waals surface area contributed by atoms with Crippen LogP contribution in [0, 0.1) is 6.92 Å². The molecule has 0 saturated heterocycles. The van der Waals surface area contributed by atoms with E-state index in [0.717, 1.165) is 5.56 Å². The minimum atomic E-state index is -0.148. The monoisotopic (exact) mass is 270 g/mol. The Morgan fingerprint density at radius 1 is 1.25 bits per heavy atom. The van der Waals surface area contributed by atoms with Gasteiger partial charge in [0.05, 0.1) is 12.8 Å². The number of hydrogen-bond acceptors (Lipinski definition) is 3. The van der Waals surface area contributed by atoms with Gasteiger partial charge in [-0.05, 0) is 30.7 Å². The highest BCUT2D eigenvalue weighted by atomic mass is 16.5. The molecule has 3 N–H and O–H groups in total. The van der Waals surface area contributed by atoms with Crippen LogP contribution < -0.4 is 15.8 Å². The van der Waals surface area contributed by atoms with E-state index in [2.05, 4.69) is 5.32 Å². The molecule has 104 valence electrons. The van der Waals surface area contributed by atoms with Crippen molar-refractivity contribution in [2.24, 2.45) is 0 Å². The maximum Gasteiger partial charge on any atom is 0.251 e. The van der Waals surface area contributed by atoms with Crippen molar-refractivity contribution in [1.29, 1.82) is 0 Å². The molecule has 4 nitrogen and oxygen atoms in total. The zero-order chi connectivity index (χ0) is 14.5. The molecule has 20 heavy (non-hydrogen) atoms. The Hall–Kier alpha value is -2.49. The van der Waals surface area contributed by atoms with E-state index in [9.17, 15) is 4.79 Å². The van der Waals surface area contributed by atoms with Crippen LogP contribution in [0.4, 0.5) is 5.69 Å². The van der Waals surface area contributed by atoms with Crippen LogP contribution in [0.25, 0.3) is 0 Å². The Kier molecular flexibility index (Phi) is 4.25. The summed E-state index contributed by atoms with van der Waals surface area (Å²) in [6.45, 7) is 2.52. The number of hydrogen-bond donors (Lipinski definition) is 2. The molecule has 0 bridgehead atoms. The molecule has 2 rings (SSSR count). The summed E-state index contributed by atoms with van der Waals surface area (Å²) in [5.74, 6) is 0.359. The summed E-state index contributed by atoms with van der Waals surface area (Å²) in [6.07, 6.45) is 0. The number of carbonyl (C=O) groups excluding carboxylic acids is 1. The molecule has 0 saturated carbocycles. The van der Waals surface area contributed by atoms with E-state index >= 15 is 0 Å². The van der Waals surface area contributed by atoms with Crippen molar-refractivity contribution in [2.45, 2.75) is 13.5 Å². The highest BCUT2D eigenvalue weighted by Crippen LogP contribution is 2.22. The number of carbonyl (C=O) groups is 1. The Morgan fingerprint density at radius 3 is 2.75 bits per heavy atom. The van der Waals surface area contributed by atoms with Crippen LogP contribution in [0.5, 0.6) is 5.75 Å². The summed E-state index contributed by atoms with van der Waals surface area (Å²) in [7, 11) is 1.53. The van der Waals surface area contributed by atoms with E-state index in [1.807, 2.05) is 31.2 Å². The van der Waals surface area contributed by atoms with E-state index < -0.39 is 0 Å². The summed E-state index contributed by atoms with van der Waals surface area (Å²) >= 11 is 0. The summed E-state index contributed by atoms with van der Waals surface area (Å²) < 4.78 is 5.11. The van der Waals surface area contributed by atoms with Crippen molar-refractivity contribution in [3.8, 4) is 5.75 Å². The van der Waals surface area contributed by atoms with Gasteiger partial charge in [0.1, 0.15) is 5.75 Å². The van der Waals surface area contributed by atoms with Crippen LogP contribution in [0.2, 0.25) is 0 Å². The van der Waals surface area contributed by atoms with Crippen molar-refractivity contribution in [1.82, 2.24) is 5.32 Å². The third-order valence-corrected chi connectivity index (χ3v) is 3.03. The van der Waals surface area contributed by atoms with Gasteiger partial charge in [-0.15, -0.1) is 0 Å². The molecule has 0 unspecified atom stereocenters. The van der Waals surface area contributed by atoms with Crippen LogP contribution in [0.1, 0.15) is 21.5 Å². The molecule has 0 atom stereocenters. The molecule has 2 aromatic carbocycles. The molecule has 0 aliphatic heterocycles. The summed E-state index contributed by atoms with van der Waals surface area (Å²) in [4.78, 5) is 12.1. The molecular formula is C16H18N2O2. The van der Waals surface area contributed by atoms with Crippen LogP contribution >= 0.6 is 0 Å². The summed E-state index contributed by atoms with van der Waals surface area (Å²) in [5.41, 5.74) is 9.01. The zero-order valence-electron chi connectivity index (χ0n) is 11.6. The highest BCUT2D eigenvalue weighted by molar-refractivity contribution is 5.95. The van der Waals surface area contributed by atoms with E-state index in [4.69, 9.17) is 10.5 Å². The van der Waals surface area contributed by atoms with Gasteiger partial charge in [-0.1, -0.05) is 29.8 Å². The lowest BCUT2D eigenvalue weighted by molar-refractivity contribution is 0.0950. The smallest absolute Gasteiger partial charge is 0.251 e. The molecule has 0 fully saturated rings. The van der Waals surface area contributed by atoms with Gasteiger partial charge < -0.3 is 15.8 Å². The van der Waals surface area contributed by atoms with Gasteiger partial charge in [0, 0.05) is 12.1 Å². The highest BCUT2D eigenvalue weighted by Gasteiger charge is 2.08. The first-order valence-corrected chi connectivity index (χ1v) is 6.37. The third kappa shape index (κ3) is 3.29. The fraction of sp³-hybridized carbons (Fsp3) is 0.188. The van der Waals surface area contributed by atoms with Crippen LogP contribution in [-0.2, 0) is 6.54 Å². The van der Waals surface area contributed by atoms with Crippen molar-refractivity contribution in [2.75, 3.05) is 12.8 Å². The topological polar surface area (TPSA) is 64.3 Å². The van der Waals surface area contributed by atoms with Crippen LogP contribution in [0.3, 0.4) is 0 Å². The number of nitrogen functional groups attached to an aromatic ring is 1. The second-order valence-corrected chi connectivity index (χ2v) is 4.63. The third-order valence-electron chi connectivity index (χ3n) is 3.03. The Labute approximate surface area is 118 Å². The number of ether oxygens (including phenoxy) is 1. The lowest BCUT2D eigenvalue weighted by Gasteiger charge is -2.09. The van der Waals surface area contributed by atoms with Crippen molar-refractivity contribution in [3.05, 3.63) is 59.2 Å². The normalized spacial score (nSPS) is 10.1. The van der Waals surface area contributed by atoms with Gasteiger partial charge in [0.15, 0.2) is 0 Å². The number of benzene rings is 2. The van der Waals surface area contributed by atoms with Gasteiger partial charge in [-0.3, -0.25) is 4.79 Å². The average molecular weight is 270 g/mol. The maximum atomic E-state index is 12.1. The molecule has 0 radical (unpaired) electrons. The Morgan fingerprint density at radius 2 is 2.05 bits per heavy atom. The number of nitrogens with two attached hydrogens (primary N) is 1.